The second-order valence-electron chi connectivity index (χ2n) is 6.50. The number of rotatable bonds is 5. The first kappa shape index (κ1) is 17.5. The van der Waals surface area contributed by atoms with Crippen LogP contribution in [-0.4, -0.2) is 40.9 Å². The molecular formula is C19H26N4O2. The summed E-state index contributed by atoms with van der Waals surface area (Å²) in [6.07, 6.45) is 3.80. The Hall–Kier alpha value is -2.34. The molecule has 1 aromatic heterocycles. The van der Waals surface area contributed by atoms with Crippen molar-refractivity contribution in [1.29, 1.82) is 0 Å². The summed E-state index contributed by atoms with van der Waals surface area (Å²) in [5, 5.41) is 7.29. The molecule has 1 aromatic carbocycles. The van der Waals surface area contributed by atoms with Crippen LogP contribution in [0.15, 0.2) is 36.5 Å². The topological polar surface area (TPSA) is 59.4 Å². The van der Waals surface area contributed by atoms with E-state index in [4.69, 9.17) is 4.74 Å². The zero-order chi connectivity index (χ0) is 17.6. The Morgan fingerprint density at radius 3 is 2.60 bits per heavy atom. The number of hydrogen-bond donors (Lipinski definition) is 1. The number of hydrogen-bond acceptors (Lipinski definition) is 3. The number of aromatic nitrogens is 2. The van der Waals surface area contributed by atoms with Crippen LogP contribution >= 0.6 is 0 Å². The van der Waals surface area contributed by atoms with Gasteiger partial charge in [0.05, 0.1) is 6.61 Å². The molecule has 6 heteroatoms. The van der Waals surface area contributed by atoms with E-state index in [1.54, 1.807) is 7.11 Å². The van der Waals surface area contributed by atoms with Crippen molar-refractivity contribution in [3.63, 3.8) is 0 Å². The molecule has 1 N–H and O–H groups in total. The second kappa shape index (κ2) is 8.16. The summed E-state index contributed by atoms with van der Waals surface area (Å²) in [6.45, 7) is 2.64. The molecule has 0 saturated carbocycles. The molecule has 1 fully saturated rings. The van der Waals surface area contributed by atoms with Gasteiger partial charge in [-0.3, -0.25) is 4.68 Å². The van der Waals surface area contributed by atoms with E-state index in [0.717, 1.165) is 37.1 Å². The molecule has 0 bridgehead atoms. The molecule has 0 radical (unpaired) electrons. The number of nitrogens with one attached hydrogen (secondary N) is 1. The Bertz CT molecular complexity index is 705. The quantitative estimate of drug-likeness (QED) is 0.909. The fourth-order valence-electron chi connectivity index (χ4n) is 3.47. The molecule has 3 rings (SSSR count). The van der Waals surface area contributed by atoms with Crippen LogP contribution in [0, 0.1) is 0 Å². The first-order valence-corrected chi connectivity index (χ1v) is 8.75. The first-order chi connectivity index (χ1) is 12.2. The second-order valence-corrected chi connectivity index (χ2v) is 6.50. The fraction of sp³-hybridized carbons (Fsp3) is 0.474. The van der Waals surface area contributed by atoms with Gasteiger partial charge in [-0.2, -0.15) is 5.10 Å². The molecule has 0 spiro atoms. The minimum Gasteiger partial charge on any atom is -0.380 e. The van der Waals surface area contributed by atoms with Crippen molar-refractivity contribution in [3.8, 4) is 0 Å². The number of carbonyl (C=O) groups is 1. The average molecular weight is 342 g/mol. The molecule has 2 heterocycles. The third kappa shape index (κ3) is 4.20. The molecule has 2 amide bonds. The van der Waals surface area contributed by atoms with E-state index in [1.807, 2.05) is 47.1 Å². The normalized spacial score (nSPS) is 15.4. The predicted octanol–water partition coefficient (Wildman–Crippen LogP) is 2.66. The van der Waals surface area contributed by atoms with E-state index >= 15 is 0 Å². The van der Waals surface area contributed by atoms with E-state index in [0.29, 0.717) is 19.1 Å². The van der Waals surface area contributed by atoms with Gasteiger partial charge in [0.2, 0.25) is 0 Å². The van der Waals surface area contributed by atoms with Gasteiger partial charge < -0.3 is 15.0 Å². The maximum Gasteiger partial charge on any atom is 0.317 e. The zero-order valence-electron chi connectivity index (χ0n) is 14.9. The minimum absolute atomic E-state index is 0.00989. The Kier molecular flexibility index (Phi) is 5.71. The summed E-state index contributed by atoms with van der Waals surface area (Å²) in [4.78, 5) is 14.4. The number of aryl methyl sites for hydroxylation is 1. The van der Waals surface area contributed by atoms with Crippen molar-refractivity contribution in [2.45, 2.75) is 31.9 Å². The van der Waals surface area contributed by atoms with E-state index in [1.165, 1.54) is 5.69 Å². The highest BCUT2D eigenvalue weighted by atomic mass is 16.5. The lowest BCUT2D eigenvalue weighted by molar-refractivity contribution is 0.178. The van der Waals surface area contributed by atoms with Crippen LogP contribution in [0.1, 0.15) is 35.6 Å². The van der Waals surface area contributed by atoms with Crippen LogP contribution < -0.4 is 5.32 Å². The molecule has 0 unspecified atom stereocenters. The first-order valence-electron chi connectivity index (χ1n) is 8.75. The summed E-state index contributed by atoms with van der Waals surface area (Å²) >= 11 is 0. The lowest BCUT2D eigenvalue weighted by Gasteiger charge is -2.32. The van der Waals surface area contributed by atoms with E-state index in [9.17, 15) is 4.79 Å². The highest BCUT2D eigenvalue weighted by Gasteiger charge is 2.25. The van der Waals surface area contributed by atoms with Crippen molar-refractivity contribution in [2.75, 3.05) is 20.2 Å². The van der Waals surface area contributed by atoms with Gasteiger partial charge in [0, 0.05) is 51.6 Å². The maximum atomic E-state index is 12.5. The van der Waals surface area contributed by atoms with Crippen molar-refractivity contribution in [3.05, 3.63) is 53.3 Å². The fourth-order valence-corrected chi connectivity index (χ4v) is 3.47. The lowest BCUT2D eigenvalue weighted by atomic mass is 9.93. The van der Waals surface area contributed by atoms with E-state index in [-0.39, 0.29) is 6.03 Å². The van der Waals surface area contributed by atoms with Gasteiger partial charge in [0.1, 0.15) is 0 Å². The number of benzene rings is 1. The number of likely N-dealkylation sites (tertiary alicyclic amines) is 1. The largest absolute Gasteiger partial charge is 0.380 e. The number of ether oxygens (including phenoxy) is 1. The molecular weight excluding hydrogens is 316 g/mol. The molecule has 0 atom stereocenters. The summed E-state index contributed by atoms with van der Waals surface area (Å²) in [5.41, 5.74) is 3.47. The smallest absolute Gasteiger partial charge is 0.317 e. The van der Waals surface area contributed by atoms with Crippen LogP contribution in [0.5, 0.6) is 0 Å². The Balaban J connectivity index is 1.51. The van der Waals surface area contributed by atoms with E-state index in [2.05, 4.69) is 16.5 Å². The molecule has 1 saturated heterocycles. The van der Waals surface area contributed by atoms with Gasteiger partial charge >= 0.3 is 6.03 Å². The van der Waals surface area contributed by atoms with E-state index < -0.39 is 0 Å². The van der Waals surface area contributed by atoms with Gasteiger partial charge in [0.15, 0.2) is 0 Å². The number of piperidine rings is 1. The molecule has 0 aliphatic carbocycles. The Morgan fingerprint density at radius 1 is 1.24 bits per heavy atom. The Morgan fingerprint density at radius 2 is 1.96 bits per heavy atom. The minimum atomic E-state index is 0.00989. The molecule has 2 aromatic rings. The zero-order valence-corrected chi connectivity index (χ0v) is 14.9. The monoisotopic (exact) mass is 342 g/mol. The standard InChI is InChI=1S/C19H26N4O2/c1-22-18(7-10-21-22)15-8-11-23(12-9-15)19(24)20-13-16-5-3-4-6-17(16)14-25-2/h3-7,10,15H,8-9,11-14H2,1-2H3,(H,20,24). The summed E-state index contributed by atoms with van der Waals surface area (Å²) in [5.74, 6) is 0.485. The van der Waals surface area contributed by atoms with Crippen LogP contribution in [0.4, 0.5) is 4.79 Å². The van der Waals surface area contributed by atoms with Crippen LogP contribution in [-0.2, 0) is 24.9 Å². The van der Waals surface area contributed by atoms with Gasteiger partial charge in [0.25, 0.3) is 0 Å². The number of urea groups is 1. The van der Waals surface area contributed by atoms with Gasteiger partial charge in [-0.15, -0.1) is 0 Å². The highest BCUT2D eigenvalue weighted by Crippen LogP contribution is 2.27. The van der Waals surface area contributed by atoms with Crippen molar-refractivity contribution >= 4 is 6.03 Å². The van der Waals surface area contributed by atoms with Crippen LogP contribution in [0.2, 0.25) is 0 Å². The SMILES string of the molecule is COCc1ccccc1CNC(=O)N1CCC(c2ccnn2C)CC1. The van der Waals surface area contributed by atoms with Crippen LogP contribution in [0.3, 0.4) is 0 Å². The van der Waals surface area contributed by atoms with Crippen molar-refractivity contribution in [2.24, 2.45) is 7.05 Å². The highest BCUT2D eigenvalue weighted by molar-refractivity contribution is 5.74. The third-order valence-corrected chi connectivity index (χ3v) is 4.91. The third-order valence-electron chi connectivity index (χ3n) is 4.91. The van der Waals surface area contributed by atoms with Gasteiger partial charge in [-0.05, 0) is 30.0 Å². The molecule has 6 nitrogen and oxygen atoms in total. The number of carbonyl (C=O) groups excluding carboxylic acids is 1. The average Bonchev–Trinajstić information content (AvgIpc) is 3.07. The van der Waals surface area contributed by atoms with Crippen LogP contribution in [0.25, 0.3) is 0 Å². The van der Waals surface area contributed by atoms with Gasteiger partial charge in [-0.1, -0.05) is 24.3 Å². The number of methoxy groups -OCH3 is 1. The lowest BCUT2D eigenvalue weighted by Crippen LogP contribution is -2.44. The molecule has 1 aliphatic rings. The molecule has 134 valence electrons. The van der Waals surface area contributed by atoms with Crippen molar-refractivity contribution < 1.29 is 9.53 Å². The summed E-state index contributed by atoms with van der Waals surface area (Å²) in [7, 11) is 3.66. The number of amides is 2. The predicted molar refractivity (Wildman–Crippen MR) is 96.1 cm³/mol. The molecule has 25 heavy (non-hydrogen) atoms. The maximum absolute atomic E-state index is 12.5. The number of nitrogens with zero attached hydrogens (tertiary/aromatic N) is 3. The Labute approximate surface area is 148 Å². The summed E-state index contributed by atoms with van der Waals surface area (Å²) in [6, 6.07) is 10.1. The van der Waals surface area contributed by atoms with Crippen molar-refractivity contribution in [1.82, 2.24) is 20.0 Å². The molecule has 1 aliphatic heterocycles. The van der Waals surface area contributed by atoms with Gasteiger partial charge in [-0.25, -0.2) is 4.79 Å². The summed E-state index contributed by atoms with van der Waals surface area (Å²) < 4.78 is 7.16.